The summed E-state index contributed by atoms with van der Waals surface area (Å²) in [6, 6.07) is 4.85. The largest absolute Gasteiger partial charge is 0.350 e. The van der Waals surface area contributed by atoms with Crippen LogP contribution in [0.15, 0.2) is 35.4 Å². The van der Waals surface area contributed by atoms with Crippen LogP contribution in [-0.2, 0) is 6.42 Å². The van der Waals surface area contributed by atoms with Gasteiger partial charge in [0.15, 0.2) is 0 Å². The molecular weight excluding hydrogens is 309 g/mol. The minimum absolute atomic E-state index is 0.000747. The molecule has 5 nitrogen and oxygen atoms in total. The Morgan fingerprint density at radius 2 is 2.17 bits per heavy atom. The minimum atomic E-state index is -0.400. The van der Waals surface area contributed by atoms with E-state index in [-0.39, 0.29) is 22.8 Å². The second-order valence-electron chi connectivity index (χ2n) is 6.59. The number of aromatic nitrogens is 2. The van der Waals surface area contributed by atoms with Gasteiger partial charge >= 0.3 is 0 Å². The fourth-order valence-corrected chi connectivity index (χ4v) is 3.21. The van der Waals surface area contributed by atoms with E-state index in [1.165, 1.54) is 12.3 Å². The lowest BCUT2D eigenvalue weighted by molar-refractivity contribution is 0.0854. The lowest BCUT2D eigenvalue weighted by Crippen LogP contribution is -2.44. The van der Waals surface area contributed by atoms with Crippen molar-refractivity contribution in [2.45, 2.75) is 32.6 Å². The molecule has 1 aliphatic rings. The number of nitrogens with zero attached hydrogens (tertiary/aromatic N) is 1. The molecule has 1 aliphatic carbocycles. The van der Waals surface area contributed by atoms with Gasteiger partial charge in [-0.1, -0.05) is 12.5 Å². The van der Waals surface area contributed by atoms with Crippen molar-refractivity contribution in [2.75, 3.05) is 6.54 Å². The maximum atomic E-state index is 13.3. The van der Waals surface area contributed by atoms with Crippen LogP contribution in [-0.4, -0.2) is 22.4 Å². The van der Waals surface area contributed by atoms with Gasteiger partial charge in [0.05, 0.1) is 12.4 Å². The number of H-pyrrole nitrogens is 1. The summed E-state index contributed by atoms with van der Waals surface area (Å²) in [5.41, 5.74) is 1.81. The van der Waals surface area contributed by atoms with Crippen LogP contribution in [0.2, 0.25) is 0 Å². The number of benzene rings is 1. The van der Waals surface area contributed by atoms with Gasteiger partial charge in [0, 0.05) is 6.54 Å². The summed E-state index contributed by atoms with van der Waals surface area (Å²) in [6.45, 7) is 2.43. The Balaban J connectivity index is 1.67. The van der Waals surface area contributed by atoms with Crippen molar-refractivity contribution in [3.63, 3.8) is 0 Å². The Morgan fingerprint density at radius 1 is 1.38 bits per heavy atom. The molecule has 0 atom stereocenters. The highest BCUT2D eigenvalue weighted by atomic mass is 19.1. The Labute approximate surface area is 139 Å². The van der Waals surface area contributed by atoms with Crippen LogP contribution in [0.4, 0.5) is 4.39 Å². The number of carbonyl (C=O) groups excluding carboxylic acids is 1. The predicted octanol–water partition coefficient (Wildman–Crippen LogP) is 2.36. The first-order valence-electron chi connectivity index (χ1n) is 8.05. The molecule has 0 radical (unpaired) electrons. The van der Waals surface area contributed by atoms with Crippen molar-refractivity contribution in [3.05, 3.63) is 63.6 Å². The lowest BCUT2D eigenvalue weighted by Gasteiger charge is -2.42. The molecule has 1 saturated carbocycles. The quantitative estimate of drug-likeness (QED) is 0.884. The summed E-state index contributed by atoms with van der Waals surface area (Å²) in [5, 5.41) is 2.90. The molecular formula is C18H20FN3O2. The van der Waals surface area contributed by atoms with Gasteiger partial charge in [0.2, 0.25) is 0 Å². The highest BCUT2D eigenvalue weighted by molar-refractivity contribution is 5.91. The van der Waals surface area contributed by atoms with Gasteiger partial charge < -0.3 is 10.3 Å². The van der Waals surface area contributed by atoms with E-state index >= 15 is 0 Å². The summed E-state index contributed by atoms with van der Waals surface area (Å²) in [4.78, 5) is 29.6. The van der Waals surface area contributed by atoms with E-state index in [1.807, 2.05) is 13.0 Å². The summed E-state index contributed by atoms with van der Waals surface area (Å²) in [5.74, 6) is -0.560. The molecule has 2 N–H and O–H groups in total. The standard InChI is InChI=1S/C18H20FN3O2/c1-12-7-14(19)4-3-13(12)8-18(5-2-6-18)11-21-17(24)15-9-20-10-16(23)22-15/h3-4,7,9-10H,2,5-6,8,11H2,1H3,(H,21,24)(H,22,23). The third-order valence-electron chi connectivity index (χ3n) is 4.81. The second kappa shape index (κ2) is 6.55. The lowest BCUT2D eigenvalue weighted by atomic mass is 9.65. The third-order valence-corrected chi connectivity index (χ3v) is 4.81. The molecule has 0 aliphatic heterocycles. The molecule has 126 valence electrons. The van der Waals surface area contributed by atoms with E-state index < -0.39 is 5.56 Å². The number of hydrogen-bond donors (Lipinski definition) is 2. The molecule has 6 heteroatoms. The van der Waals surface area contributed by atoms with Crippen LogP contribution < -0.4 is 10.9 Å². The fourth-order valence-electron chi connectivity index (χ4n) is 3.21. The summed E-state index contributed by atoms with van der Waals surface area (Å²) >= 11 is 0. The van der Waals surface area contributed by atoms with E-state index in [9.17, 15) is 14.0 Å². The van der Waals surface area contributed by atoms with Gasteiger partial charge in [-0.15, -0.1) is 0 Å². The number of halogens is 1. The molecule has 0 unspecified atom stereocenters. The molecule has 1 fully saturated rings. The zero-order valence-electron chi connectivity index (χ0n) is 13.6. The predicted molar refractivity (Wildman–Crippen MR) is 88.3 cm³/mol. The van der Waals surface area contributed by atoms with E-state index in [0.29, 0.717) is 6.54 Å². The van der Waals surface area contributed by atoms with Crippen molar-refractivity contribution in [2.24, 2.45) is 5.41 Å². The zero-order valence-corrected chi connectivity index (χ0v) is 13.6. The number of rotatable bonds is 5. The van der Waals surface area contributed by atoms with Gasteiger partial charge in [-0.3, -0.25) is 14.6 Å². The van der Waals surface area contributed by atoms with Crippen LogP contribution in [0.1, 0.15) is 40.9 Å². The Bertz CT molecular complexity index is 812. The van der Waals surface area contributed by atoms with E-state index in [0.717, 1.165) is 43.0 Å². The number of aromatic amines is 1. The van der Waals surface area contributed by atoms with Crippen LogP contribution in [0, 0.1) is 18.2 Å². The van der Waals surface area contributed by atoms with E-state index in [1.54, 1.807) is 6.07 Å². The molecule has 24 heavy (non-hydrogen) atoms. The zero-order chi connectivity index (χ0) is 17.2. The van der Waals surface area contributed by atoms with Gasteiger partial charge in [-0.2, -0.15) is 0 Å². The maximum Gasteiger partial charge on any atom is 0.269 e. The fraction of sp³-hybridized carbons (Fsp3) is 0.389. The highest BCUT2D eigenvalue weighted by Crippen LogP contribution is 2.43. The van der Waals surface area contributed by atoms with Crippen LogP contribution in [0.3, 0.4) is 0 Å². The van der Waals surface area contributed by atoms with Gasteiger partial charge in [0.25, 0.3) is 11.5 Å². The summed E-state index contributed by atoms with van der Waals surface area (Å²) in [6.07, 6.45) is 6.44. The molecule has 3 rings (SSSR count). The van der Waals surface area contributed by atoms with Gasteiger partial charge in [0.1, 0.15) is 11.5 Å². The van der Waals surface area contributed by atoms with Crippen LogP contribution >= 0.6 is 0 Å². The highest BCUT2D eigenvalue weighted by Gasteiger charge is 2.37. The minimum Gasteiger partial charge on any atom is -0.350 e. The molecule has 1 heterocycles. The monoisotopic (exact) mass is 329 g/mol. The van der Waals surface area contributed by atoms with Crippen molar-refractivity contribution in [1.82, 2.24) is 15.3 Å². The molecule has 1 amide bonds. The number of carbonyl (C=O) groups is 1. The van der Waals surface area contributed by atoms with Gasteiger partial charge in [-0.25, -0.2) is 4.39 Å². The average molecular weight is 329 g/mol. The van der Waals surface area contributed by atoms with Crippen molar-refractivity contribution in [3.8, 4) is 0 Å². The molecule has 0 saturated heterocycles. The molecule has 0 bridgehead atoms. The smallest absolute Gasteiger partial charge is 0.269 e. The normalized spacial score (nSPS) is 15.6. The van der Waals surface area contributed by atoms with Crippen molar-refractivity contribution >= 4 is 5.91 Å². The van der Waals surface area contributed by atoms with Crippen molar-refractivity contribution < 1.29 is 9.18 Å². The first-order valence-corrected chi connectivity index (χ1v) is 8.05. The number of nitrogens with one attached hydrogen (secondary N) is 2. The SMILES string of the molecule is Cc1cc(F)ccc1CC1(CNC(=O)c2cncc(=O)[nH]2)CCC1. The molecule has 2 aromatic rings. The van der Waals surface area contributed by atoms with Crippen LogP contribution in [0.5, 0.6) is 0 Å². The van der Waals surface area contributed by atoms with E-state index in [4.69, 9.17) is 0 Å². The Morgan fingerprint density at radius 3 is 2.79 bits per heavy atom. The van der Waals surface area contributed by atoms with Crippen molar-refractivity contribution in [1.29, 1.82) is 0 Å². The average Bonchev–Trinajstić information content (AvgIpc) is 2.51. The number of aryl methyl sites for hydroxylation is 1. The van der Waals surface area contributed by atoms with Gasteiger partial charge in [-0.05, 0) is 54.9 Å². The molecule has 1 aromatic heterocycles. The maximum absolute atomic E-state index is 13.3. The molecule has 0 spiro atoms. The number of amides is 1. The van der Waals surface area contributed by atoms with Crippen LogP contribution in [0.25, 0.3) is 0 Å². The Hall–Kier alpha value is -2.50. The molecule has 1 aromatic carbocycles. The first-order chi connectivity index (χ1) is 11.5. The Kier molecular flexibility index (Phi) is 4.46. The first kappa shape index (κ1) is 16.4. The summed E-state index contributed by atoms with van der Waals surface area (Å²) < 4.78 is 13.3. The second-order valence-corrected chi connectivity index (χ2v) is 6.59. The topological polar surface area (TPSA) is 74.8 Å². The number of hydrogen-bond acceptors (Lipinski definition) is 3. The van der Waals surface area contributed by atoms with E-state index in [2.05, 4.69) is 15.3 Å². The third kappa shape index (κ3) is 3.53. The summed E-state index contributed by atoms with van der Waals surface area (Å²) in [7, 11) is 0.